The van der Waals surface area contributed by atoms with Crippen molar-refractivity contribution in [3.63, 3.8) is 0 Å². The van der Waals surface area contributed by atoms with Gasteiger partial charge in [0.25, 0.3) is 11.6 Å². The first-order valence-corrected chi connectivity index (χ1v) is 4.36. The fourth-order valence-corrected chi connectivity index (χ4v) is 1.72. The Bertz CT molecular complexity index is 474. The number of fused-ring (bicyclic) bond motifs is 1. The lowest BCUT2D eigenvalue weighted by Gasteiger charge is -2.02. The zero-order valence-electron chi connectivity index (χ0n) is 7.31. The SMILES string of the molecule is O=C1c2c([N+](=O)[O-])ccc(Cl)c2CN1O. The van der Waals surface area contributed by atoms with Crippen molar-refractivity contribution in [1.29, 1.82) is 0 Å². The van der Waals surface area contributed by atoms with Crippen molar-refractivity contribution in [3.8, 4) is 0 Å². The number of rotatable bonds is 1. The molecule has 0 unspecified atom stereocenters. The minimum Gasteiger partial charge on any atom is -0.285 e. The number of benzene rings is 1. The second-order valence-electron chi connectivity index (χ2n) is 3.04. The van der Waals surface area contributed by atoms with Gasteiger partial charge in [-0.2, -0.15) is 0 Å². The van der Waals surface area contributed by atoms with Gasteiger partial charge in [-0.15, -0.1) is 0 Å². The molecule has 6 nitrogen and oxygen atoms in total. The summed E-state index contributed by atoms with van der Waals surface area (Å²) in [5, 5.41) is 20.4. The number of nitro groups is 1. The lowest BCUT2D eigenvalue weighted by atomic mass is 10.1. The van der Waals surface area contributed by atoms with E-state index in [0.717, 1.165) is 6.07 Å². The molecular weight excluding hydrogens is 224 g/mol. The molecule has 1 heterocycles. The molecule has 1 amide bonds. The lowest BCUT2D eigenvalue weighted by molar-refractivity contribution is -0.385. The zero-order valence-corrected chi connectivity index (χ0v) is 8.06. The number of halogens is 1. The second kappa shape index (κ2) is 3.18. The first kappa shape index (κ1) is 9.88. The van der Waals surface area contributed by atoms with E-state index in [1.807, 2.05) is 0 Å². The van der Waals surface area contributed by atoms with E-state index in [0.29, 0.717) is 10.6 Å². The molecule has 0 atom stereocenters. The van der Waals surface area contributed by atoms with Crippen molar-refractivity contribution in [2.24, 2.45) is 0 Å². The first-order chi connectivity index (χ1) is 7.02. The number of nitro benzene ring substituents is 1. The lowest BCUT2D eigenvalue weighted by Crippen LogP contribution is -2.19. The normalized spacial score (nSPS) is 14.3. The predicted molar refractivity (Wildman–Crippen MR) is 49.8 cm³/mol. The van der Waals surface area contributed by atoms with Crippen LogP contribution in [0.1, 0.15) is 15.9 Å². The highest BCUT2D eigenvalue weighted by atomic mass is 35.5. The average molecular weight is 229 g/mol. The number of amides is 1. The highest BCUT2D eigenvalue weighted by molar-refractivity contribution is 6.32. The minimum atomic E-state index is -0.792. The summed E-state index contributed by atoms with van der Waals surface area (Å²) in [6, 6.07) is 2.49. The van der Waals surface area contributed by atoms with Crippen molar-refractivity contribution in [1.82, 2.24) is 5.06 Å². The van der Waals surface area contributed by atoms with Crippen LogP contribution in [0.4, 0.5) is 5.69 Å². The van der Waals surface area contributed by atoms with Crippen LogP contribution in [0.5, 0.6) is 0 Å². The van der Waals surface area contributed by atoms with E-state index in [4.69, 9.17) is 16.8 Å². The summed E-state index contributed by atoms with van der Waals surface area (Å²) in [5.41, 5.74) is -0.177. The van der Waals surface area contributed by atoms with Crippen molar-refractivity contribution in [2.75, 3.05) is 0 Å². The van der Waals surface area contributed by atoms with E-state index in [1.54, 1.807) is 0 Å². The third-order valence-corrected chi connectivity index (χ3v) is 2.54. The van der Waals surface area contributed by atoms with Crippen LogP contribution in [0.2, 0.25) is 5.02 Å². The van der Waals surface area contributed by atoms with Gasteiger partial charge in [0.05, 0.1) is 11.5 Å². The molecule has 1 N–H and O–H groups in total. The third kappa shape index (κ3) is 1.34. The summed E-state index contributed by atoms with van der Waals surface area (Å²) in [6.45, 7) is -0.116. The van der Waals surface area contributed by atoms with Crippen LogP contribution in [0, 0.1) is 10.1 Å². The van der Waals surface area contributed by atoms with Crippen LogP contribution in [-0.2, 0) is 6.54 Å². The van der Waals surface area contributed by atoms with Crippen molar-refractivity contribution >= 4 is 23.2 Å². The number of nitrogens with zero attached hydrogens (tertiary/aromatic N) is 2. The first-order valence-electron chi connectivity index (χ1n) is 3.99. The van der Waals surface area contributed by atoms with Gasteiger partial charge >= 0.3 is 0 Å². The number of carbonyl (C=O) groups is 1. The largest absolute Gasteiger partial charge is 0.285 e. The minimum absolute atomic E-state index is 0.116. The molecule has 2 rings (SSSR count). The Kier molecular flexibility index (Phi) is 2.09. The Morgan fingerprint density at radius 3 is 2.80 bits per heavy atom. The topological polar surface area (TPSA) is 83.7 Å². The van der Waals surface area contributed by atoms with Gasteiger partial charge in [-0.1, -0.05) is 11.6 Å². The summed E-state index contributed by atoms with van der Waals surface area (Å²) in [4.78, 5) is 21.3. The monoisotopic (exact) mass is 228 g/mol. The van der Waals surface area contributed by atoms with Gasteiger partial charge in [-0.05, 0) is 6.07 Å². The Morgan fingerprint density at radius 1 is 1.53 bits per heavy atom. The molecule has 0 aliphatic carbocycles. The Labute approximate surface area is 88.8 Å². The molecule has 1 aromatic carbocycles. The van der Waals surface area contributed by atoms with Gasteiger partial charge in [-0.3, -0.25) is 20.1 Å². The fraction of sp³-hybridized carbons (Fsp3) is 0.125. The summed E-state index contributed by atoms with van der Waals surface area (Å²) in [6.07, 6.45) is 0. The molecule has 0 saturated carbocycles. The van der Waals surface area contributed by atoms with Gasteiger partial charge < -0.3 is 0 Å². The van der Waals surface area contributed by atoms with E-state index in [1.165, 1.54) is 6.07 Å². The van der Waals surface area contributed by atoms with Crippen molar-refractivity contribution in [3.05, 3.63) is 38.4 Å². The van der Waals surface area contributed by atoms with E-state index in [2.05, 4.69) is 0 Å². The summed E-state index contributed by atoms with van der Waals surface area (Å²) < 4.78 is 0. The van der Waals surface area contributed by atoms with Crippen molar-refractivity contribution < 1.29 is 14.9 Å². The molecule has 78 valence electrons. The van der Waals surface area contributed by atoms with E-state index in [9.17, 15) is 14.9 Å². The Balaban J connectivity index is 2.71. The number of hydrogen-bond donors (Lipinski definition) is 1. The Hall–Kier alpha value is -1.66. The average Bonchev–Trinajstić information content (AvgIpc) is 2.46. The number of carbonyl (C=O) groups excluding carboxylic acids is 1. The summed E-state index contributed by atoms with van der Waals surface area (Å²) in [5.74, 6) is -0.792. The van der Waals surface area contributed by atoms with Gasteiger partial charge in [0.2, 0.25) is 0 Å². The predicted octanol–water partition coefficient (Wildman–Crippen LogP) is 1.59. The van der Waals surface area contributed by atoms with Gasteiger partial charge in [0, 0.05) is 16.7 Å². The molecule has 15 heavy (non-hydrogen) atoms. The van der Waals surface area contributed by atoms with Gasteiger partial charge in [-0.25, -0.2) is 5.06 Å². The molecule has 1 aliphatic rings. The summed E-state index contributed by atoms with van der Waals surface area (Å²) in [7, 11) is 0. The maximum absolute atomic E-state index is 11.4. The molecule has 7 heteroatoms. The van der Waals surface area contributed by atoms with Crippen LogP contribution in [-0.4, -0.2) is 21.1 Å². The van der Waals surface area contributed by atoms with Crippen LogP contribution < -0.4 is 0 Å². The molecular formula is C8H5ClN2O4. The second-order valence-corrected chi connectivity index (χ2v) is 3.45. The maximum atomic E-state index is 11.4. The number of hydrogen-bond acceptors (Lipinski definition) is 4. The third-order valence-electron chi connectivity index (χ3n) is 2.19. The zero-order chi connectivity index (χ0) is 11.2. The fourth-order valence-electron chi connectivity index (χ4n) is 1.51. The van der Waals surface area contributed by atoms with E-state index >= 15 is 0 Å². The molecule has 0 fully saturated rings. The van der Waals surface area contributed by atoms with E-state index in [-0.39, 0.29) is 22.8 Å². The van der Waals surface area contributed by atoms with Gasteiger partial charge in [0.15, 0.2) is 0 Å². The van der Waals surface area contributed by atoms with Crippen LogP contribution in [0.15, 0.2) is 12.1 Å². The van der Waals surface area contributed by atoms with Crippen molar-refractivity contribution in [2.45, 2.75) is 6.54 Å². The molecule has 0 spiro atoms. The summed E-state index contributed by atoms with van der Waals surface area (Å²) >= 11 is 5.76. The molecule has 0 aromatic heterocycles. The van der Waals surface area contributed by atoms with Crippen LogP contribution in [0.25, 0.3) is 0 Å². The van der Waals surface area contributed by atoms with Gasteiger partial charge in [0.1, 0.15) is 5.56 Å². The molecule has 0 radical (unpaired) electrons. The molecule has 0 bridgehead atoms. The standard InChI is InChI=1S/C8H5ClN2O4/c9-5-1-2-6(11(14)15)7-4(5)3-10(13)8(7)12/h1-2,13H,3H2. The highest BCUT2D eigenvalue weighted by Gasteiger charge is 2.35. The quantitative estimate of drug-likeness (QED) is 0.449. The number of hydroxylamine groups is 2. The maximum Gasteiger partial charge on any atom is 0.284 e. The highest BCUT2D eigenvalue weighted by Crippen LogP contribution is 2.34. The Morgan fingerprint density at radius 2 is 2.20 bits per heavy atom. The smallest absolute Gasteiger partial charge is 0.284 e. The molecule has 1 aliphatic heterocycles. The molecule has 1 aromatic rings. The van der Waals surface area contributed by atoms with Crippen LogP contribution >= 0.6 is 11.6 Å². The van der Waals surface area contributed by atoms with E-state index < -0.39 is 10.8 Å². The van der Waals surface area contributed by atoms with Crippen LogP contribution in [0.3, 0.4) is 0 Å². The molecule has 0 saturated heterocycles.